The number of carbonyl (C=O) groups excluding carboxylic acids is 2. The van der Waals surface area contributed by atoms with Crippen LogP contribution >= 0.6 is 0 Å². The highest BCUT2D eigenvalue weighted by Crippen LogP contribution is 2.20. The number of hydrogen-bond donors (Lipinski definition) is 4. The minimum atomic E-state index is -4.12. The number of methoxy groups -OCH3 is 1. The number of morpholine rings is 1. The molecular formula is C36H47N5O10S2. The van der Waals surface area contributed by atoms with Crippen LogP contribution in [0.4, 0.5) is 15.3 Å². The van der Waals surface area contributed by atoms with E-state index in [1.165, 1.54) is 29.0 Å². The van der Waals surface area contributed by atoms with E-state index >= 15 is 0 Å². The molecule has 1 aliphatic rings. The van der Waals surface area contributed by atoms with Crippen LogP contribution in [-0.2, 0) is 41.7 Å². The van der Waals surface area contributed by atoms with Crippen molar-refractivity contribution in [1.82, 2.24) is 20.4 Å². The summed E-state index contributed by atoms with van der Waals surface area (Å²) in [6.07, 6.45) is 1.54. The van der Waals surface area contributed by atoms with Gasteiger partial charge < -0.3 is 35.0 Å². The lowest BCUT2D eigenvalue weighted by molar-refractivity contribution is -0.122. The molecule has 4 N–H and O–H groups in total. The van der Waals surface area contributed by atoms with Crippen molar-refractivity contribution in [2.75, 3.05) is 50.4 Å². The number of unbranched alkanes of at least 4 members (excludes halogenated alkanes) is 3. The van der Waals surface area contributed by atoms with Gasteiger partial charge in [0.1, 0.15) is 11.8 Å². The molecule has 1 heterocycles. The second kappa shape index (κ2) is 19.8. The van der Waals surface area contributed by atoms with Crippen LogP contribution in [0.5, 0.6) is 5.75 Å². The largest absolute Gasteiger partial charge is 0.497 e. The van der Waals surface area contributed by atoms with E-state index in [9.17, 15) is 36.3 Å². The Morgan fingerprint density at radius 3 is 2.19 bits per heavy atom. The molecule has 2 atom stereocenters. The third-order valence-corrected chi connectivity index (χ3v) is 11.5. The molecule has 1 saturated heterocycles. The standard InChI is InChI=1S/C36H47N5O10S2/c1-50-31-18-16-30(17-19-31)39-53(48,49)33-25-40(22-23-51-33)35(43)38-32(27-52(46,47)26-29-14-8-5-9-15-29)34(42)37-20-10-2-3-11-21-41(36(44)45)24-28-12-6-4-7-13-28/h4-9,12-19,32-33,39H,2-3,10-11,20-27H2,1H3,(H,37,42)(H,38,43)(H,44,45)/t32-,33?/m1/s1. The number of nitrogens with one attached hydrogen (secondary N) is 3. The summed E-state index contributed by atoms with van der Waals surface area (Å²) >= 11 is 0. The molecule has 53 heavy (non-hydrogen) atoms. The molecule has 1 unspecified atom stereocenters. The maximum atomic E-state index is 13.4. The van der Waals surface area contributed by atoms with E-state index in [-0.39, 0.29) is 44.2 Å². The van der Waals surface area contributed by atoms with Crippen LogP contribution in [0.2, 0.25) is 0 Å². The summed E-state index contributed by atoms with van der Waals surface area (Å²) < 4.78 is 65.7. The Labute approximate surface area is 310 Å². The Morgan fingerprint density at radius 1 is 0.906 bits per heavy atom. The molecule has 0 saturated carbocycles. The molecule has 4 rings (SSSR count). The summed E-state index contributed by atoms with van der Waals surface area (Å²) in [7, 11) is -6.53. The van der Waals surface area contributed by atoms with Gasteiger partial charge in [-0.2, -0.15) is 0 Å². The highest BCUT2D eigenvalue weighted by atomic mass is 32.2. The van der Waals surface area contributed by atoms with Crippen LogP contribution in [0, 0.1) is 0 Å². The van der Waals surface area contributed by atoms with Gasteiger partial charge in [0.2, 0.25) is 5.91 Å². The Balaban J connectivity index is 1.32. The maximum absolute atomic E-state index is 13.4. The molecule has 0 aliphatic carbocycles. The van der Waals surface area contributed by atoms with Crippen LogP contribution in [0.25, 0.3) is 0 Å². The Hall–Kier alpha value is -4.87. The van der Waals surface area contributed by atoms with E-state index in [0.29, 0.717) is 43.5 Å². The number of sulfonamides is 1. The molecule has 1 aliphatic heterocycles. The number of sulfone groups is 1. The third-order valence-electron chi connectivity index (χ3n) is 8.42. The Morgan fingerprint density at radius 2 is 1.55 bits per heavy atom. The molecule has 15 nitrogen and oxygen atoms in total. The zero-order valence-corrected chi connectivity index (χ0v) is 31.2. The predicted octanol–water partition coefficient (Wildman–Crippen LogP) is 3.65. The normalized spacial score (nSPS) is 15.2. The lowest BCUT2D eigenvalue weighted by Crippen LogP contribution is -2.58. The van der Waals surface area contributed by atoms with Crippen LogP contribution in [0.3, 0.4) is 0 Å². The molecule has 0 radical (unpaired) electrons. The monoisotopic (exact) mass is 773 g/mol. The number of hydrogen-bond acceptors (Lipinski definition) is 9. The molecule has 288 valence electrons. The number of urea groups is 1. The number of rotatable bonds is 19. The molecule has 1 fully saturated rings. The summed E-state index contributed by atoms with van der Waals surface area (Å²) in [5.74, 6) is -1.20. The van der Waals surface area contributed by atoms with Crippen molar-refractivity contribution in [3.8, 4) is 5.75 Å². The summed E-state index contributed by atoms with van der Waals surface area (Å²) in [6, 6.07) is 21.7. The summed E-state index contributed by atoms with van der Waals surface area (Å²) in [5.41, 5.74) is 0.250. The molecule has 0 spiro atoms. The van der Waals surface area contributed by atoms with Gasteiger partial charge in [-0.15, -0.1) is 0 Å². The SMILES string of the molecule is COc1ccc(NS(=O)(=O)C2CN(C(=O)N[C@H](CS(=O)(=O)Cc3ccccc3)C(=O)NCCCCCCN(Cc3ccccc3)C(=O)O)CCO2)cc1. The van der Waals surface area contributed by atoms with Crippen LogP contribution in [0.15, 0.2) is 84.9 Å². The van der Waals surface area contributed by atoms with Crippen molar-refractivity contribution in [3.05, 3.63) is 96.1 Å². The lowest BCUT2D eigenvalue weighted by atomic mass is 10.1. The van der Waals surface area contributed by atoms with E-state index in [4.69, 9.17) is 9.47 Å². The van der Waals surface area contributed by atoms with Gasteiger partial charge in [-0.1, -0.05) is 73.5 Å². The number of benzene rings is 3. The third kappa shape index (κ3) is 13.6. The number of carbonyl (C=O) groups is 3. The summed E-state index contributed by atoms with van der Waals surface area (Å²) in [5, 5.41) is 14.8. The molecule has 0 bridgehead atoms. The zero-order chi connectivity index (χ0) is 38.3. The highest BCUT2D eigenvalue weighted by Gasteiger charge is 2.36. The molecule has 4 amide bonds. The Kier molecular flexibility index (Phi) is 15.3. The first-order valence-electron chi connectivity index (χ1n) is 17.2. The fraction of sp³-hybridized carbons (Fsp3) is 0.417. The molecule has 3 aromatic rings. The van der Waals surface area contributed by atoms with Gasteiger partial charge in [0.15, 0.2) is 15.3 Å². The van der Waals surface area contributed by atoms with E-state index < -0.39 is 55.1 Å². The molecule has 3 aromatic carbocycles. The highest BCUT2D eigenvalue weighted by molar-refractivity contribution is 7.93. The second-order valence-electron chi connectivity index (χ2n) is 12.6. The average molecular weight is 774 g/mol. The number of nitrogens with zero attached hydrogens (tertiary/aromatic N) is 2. The predicted molar refractivity (Wildman–Crippen MR) is 199 cm³/mol. The Bertz CT molecular complexity index is 1850. The van der Waals surface area contributed by atoms with Crippen LogP contribution in [-0.4, -0.2) is 107 Å². The smallest absolute Gasteiger partial charge is 0.407 e. The number of carboxylic acid groups (broad SMARTS) is 1. The molecule has 17 heteroatoms. The van der Waals surface area contributed by atoms with E-state index in [1.54, 1.807) is 42.5 Å². The van der Waals surface area contributed by atoms with Gasteiger partial charge in [-0.25, -0.2) is 26.4 Å². The number of amides is 4. The van der Waals surface area contributed by atoms with Crippen molar-refractivity contribution in [1.29, 1.82) is 0 Å². The number of ether oxygens (including phenoxy) is 2. The van der Waals surface area contributed by atoms with Gasteiger partial charge in [0.25, 0.3) is 10.0 Å². The van der Waals surface area contributed by atoms with E-state index in [1.807, 2.05) is 30.3 Å². The molecular weight excluding hydrogens is 727 g/mol. The van der Waals surface area contributed by atoms with E-state index in [0.717, 1.165) is 5.56 Å². The fourth-order valence-electron chi connectivity index (χ4n) is 5.61. The van der Waals surface area contributed by atoms with Crippen molar-refractivity contribution in [3.63, 3.8) is 0 Å². The zero-order valence-electron chi connectivity index (χ0n) is 29.6. The van der Waals surface area contributed by atoms with Crippen molar-refractivity contribution < 1.29 is 45.8 Å². The first-order valence-corrected chi connectivity index (χ1v) is 20.6. The van der Waals surface area contributed by atoms with Gasteiger partial charge in [-0.3, -0.25) is 9.52 Å². The fourth-order valence-corrected chi connectivity index (χ4v) is 8.41. The minimum Gasteiger partial charge on any atom is -0.497 e. The number of anilines is 1. The van der Waals surface area contributed by atoms with Gasteiger partial charge in [-0.05, 0) is 48.2 Å². The molecule has 0 aromatic heterocycles. The summed E-state index contributed by atoms with van der Waals surface area (Å²) in [4.78, 5) is 41.0. The first-order chi connectivity index (χ1) is 25.3. The minimum absolute atomic E-state index is 0.0101. The van der Waals surface area contributed by atoms with Crippen molar-refractivity contribution in [2.45, 2.75) is 49.5 Å². The topological polar surface area (TPSA) is 201 Å². The lowest BCUT2D eigenvalue weighted by Gasteiger charge is -2.33. The van der Waals surface area contributed by atoms with Gasteiger partial charge in [0, 0.05) is 31.9 Å². The first kappa shape index (κ1) is 40.9. The van der Waals surface area contributed by atoms with Crippen molar-refractivity contribution in [2.24, 2.45) is 0 Å². The average Bonchev–Trinajstić information content (AvgIpc) is 3.14. The van der Waals surface area contributed by atoms with E-state index in [2.05, 4.69) is 15.4 Å². The second-order valence-corrected chi connectivity index (χ2v) is 16.5. The van der Waals surface area contributed by atoms with Crippen LogP contribution < -0.4 is 20.1 Å². The quantitative estimate of drug-likeness (QED) is 0.130. The van der Waals surface area contributed by atoms with Gasteiger partial charge in [0.05, 0.1) is 31.8 Å². The summed E-state index contributed by atoms with van der Waals surface area (Å²) in [6.45, 7) is 0.370. The van der Waals surface area contributed by atoms with Crippen molar-refractivity contribution >= 4 is 43.6 Å². The maximum Gasteiger partial charge on any atom is 0.407 e. The van der Waals surface area contributed by atoms with Crippen LogP contribution in [0.1, 0.15) is 36.8 Å². The van der Waals surface area contributed by atoms with Gasteiger partial charge >= 0.3 is 12.1 Å².